The van der Waals surface area contributed by atoms with Gasteiger partial charge in [0.15, 0.2) is 0 Å². The molecule has 5 nitrogen and oxygen atoms in total. The second-order valence-corrected chi connectivity index (χ2v) is 8.45. The van der Waals surface area contributed by atoms with Crippen LogP contribution in [0.2, 0.25) is 5.02 Å². The number of benzene rings is 2. The van der Waals surface area contributed by atoms with Gasteiger partial charge in [0.2, 0.25) is 11.8 Å². The molecule has 0 aromatic heterocycles. The summed E-state index contributed by atoms with van der Waals surface area (Å²) in [7, 11) is 1.62. The fourth-order valence-electron chi connectivity index (χ4n) is 4.35. The summed E-state index contributed by atoms with van der Waals surface area (Å²) in [5.41, 5.74) is 0.932. The molecular weight excluding hydrogens is 407 g/mol. The van der Waals surface area contributed by atoms with Crippen LogP contribution in [0.3, 0.4) is 0 Å². The summed E-state index contributed by atoms with van der Waals surface area (Å²) < 4.78 is 19.1. The van der Waals surface area contributed by atoms with E-state index in [-0.39, 0.29) is 34.2 Å². The van der Waals surface area contributed by atoms with Crippen LogP contribution >= 0.6 is 11.6 Å². The Morgan fingerprint density at radius 2 is 1.87 bits per heavy atom. The number of ether oxygens (including phenoxy) is 1. The molecule has 0 bridgehead atoms. The Hall–Kier alpha value is -2.60. The lowest BCUT2D eigenvalue weighted by Gasteiger charge is -2.52. The van der Waals surface area contributed by atoms with Gasteiger partial charge in [0.1, 0.15) is 11.6 Å². The van der Waals surface area contributed by atoms with E-state index in [1.165, 1.54) is 12.1 Å². The molecule has 0 aliphatic carbocycles. The maximum absolute atomic E-state index is 14.0. The lowest BCUT2D eigenvalue weighted by Crippen LogP contribution is -2.64. The molecule has 2 saturated heterocycles. The van der Waals surface area contributed by atoms with Gasteiger partial charge < -0.3 is 14.5 Å². The van der Waals surface area contributed by atoms with E-state index in [4.69, 9.17) is 16.3 Å². The third-order valence-electron chi connectivity index (χ3n) is 6.23. The molecule has 0 atom stereocenters. The van der Waals surface area contributed by atoms with Gasteiger partial charge in [-0.3, -0.25) is 9.59 Å². The van der Waals surface area contributed by atoms with E-state index in [0.29, 0.717) is 39.0 Å². The van der Waals surface area contributed by atoms with Crippen LogP contribution in [0.5, 0.6) is 5.75 Å². The third kappa shape index (κ3) is 3.88. The summed E-state index contributed by atoms with van der Waals surface area (Å²) in [5, 5.41) is 0.264. The van der Waals surface area contributed by atoms with Crippen molar-refractivity contribution < 1.29 is 18.7 Å². The monoisotopic (exact) mass is 430 g/mol. The summed E-state index contributed by atoms with van der Waals surface area (Å²) in [6, 6.07) is 12.1. The first kappa shape index (κ1) is 20.7. The Bertz CT molecular complexity index is 935. The maximum Gasteiger partial charge on any atom is 0.231 e. The van der Waals surface area contributed by atoms with Crippen molar-refractivity contribution in [1.29, 1.82) is 0 Å². The Balaban J connectivity index is 1.31. The molecule has 2 aromatic carbocycles. The number of β-lactam (4-membered cyclic amide) rings is 1. The highest BCUT2D eigenvalue weighted by Crippen LogP contribution is 2.42. The lowest BCUT2D eigenvalue weighted by molar-refractivity contribution is -0.168. The first-order valence-electron chi connectivity index (χ1n) is 10.0. The van der Waals surface area contributed by atoms with E-state index in [9.17, 15) is 14.0 Å². The first-order chi connectivity index (χ1) is 14.4. The van der Waals surface area contributed by atoms with Gasteiger partial charge in [0, 0.05) is 36.8 Å². The summed E-state index contributed by atoms with van der Waals surface area (Å²) >= 11 is 6.04. The van der Waals surface area contributed by atoms with Gasteiger partial charge >= 0.3 is 0 Å². The summed E-state index contributed by atoms with van der Waals surface area (Å²) in [4.78, 5) is 29.1. The average Bonchev–Trinajstić information content (AvgIpc) is 2.76. The van der Waals surface area contributed by atoms with Gasteiger partial charge in [0.05, 0.1) is 18.9 Å². The number of hydrogen-bond donors (Lipinski definition) is 0. The number of methoxy groups -OCH3 is 1. The number of rotatable bonds is 5. The molecule has 0 saturated carbocycles. The second-order valence-electron chi connectivity index (χ2n) is 8.05. The molecule has 2 aliphatic heterocycles. The van der Waals surface area contributed by atoms with Gasteiger partial charge in [-0.2, -0.15) is 0 Å². The fraction of sp³-hybridized carbons (Fsp3) is 0.391. The van der Waals surface area contributed by atoms with E-state index in [0.717, 1.165) is 11.3 Å². The maximum atomic E-state index is 14.0. The van der Waals surface area contributed by atoms with Crippen LogP contribution in [0.15, 0.2) is 42.5 Å². The van der Waals surface area contributed by atoms with Crippen molar-refractivity contribution in [1.82, 2.24) is 9.80 Å². The van der Waals surface area contributed by atoms with Crippen molar-refractivity contribution in [2.24, 2.45) is 5.41 Å². The molecule has 2 aromatic rings. The Morgan fingerprint density at radius 3 is 2.47 bits per heavy atom. The summed E-state index contributed by atoms with van der Waals surface area (Å²) in [5.74, 6) is 0.327. The van der Waals surface area contributed by atoms with Crippen molar-refractivity contribution in [2.75, 3.05) is 26.7 Å². The number of carbonyl (C=O) groups excluding carboxylic acids is 2. The van der Waals surface area contributed by atoms with Crippen LogP contribution in [0.4, 0.5) is 4.39 Å². The zero-order valence-electron chi connectivity index (χ0n) is 16.9. The molecule has 30 heavy (non-hydrogen) atoms. The fourth-order valence-corrected chi connectivity index (χ4v) is 4.58. The molecule has 4 rings (SSSR count). The lowest BCUT2D eigenvalue weighted by atomic mass is 9.71. The average molecular weight is 431 g/mol. The first-order valence-corrected chi connectivity index (χ1v) is 10.4. The smallest absolute Gasteiger partial charge is 0.231 e. The normalized spacial score (nSPS) is 17.8. The minimum Gasteiger partial charge on any atom is -0.497 e. The topological polar surface area (TPSA) is 49.9 Å². The van der Waals surface area contributed by atoms with Gasteiger partial charge in [-0.05, 0) is 42.7 Å². The van der Waals surface area contributed by atoms with Gasteiger partial charge in [-0.1, -0.05) is 29.8 Å². The van der Waals surface area contributed by atoms with Crippen molar-refractivity contribution >= 4 is 23.4 Å². The molecular formula is C23H24ClFN2O3. The number of hydrogen-bond acceptors (Lipinski definition) is 3. The van der Waals surface area contributed by atoms with Gasteiger partial charge in [-0.25, -0.2) is 4.39 Å². The molecule has 7 heteroatoms. The van der Waals surface area contributed by atoms with E-state index >= 15 is 0 Å². The molecule has 158 valence electrons. The molecule has 1 spiro atoms. The Kier molecular flexibility index (Phi) is 5.69. The largest absolute Gasteiger partial charge is 0.497 e. The van der Waals surface area contributed by atoms with Gasteiger partial charge in [-0.15, -0.1) is 0 Å². The van der Waals surface area contributed by atoms with Crippen LogP contribution < -0.4 is 4.74 Å². The van der Waals surface area contributed by atoms with Crippen molar-refractivity contribution in [3.8, 4) is 5.75 Å². The molecule has 0 radical (unpaired) electrons. The number of piperidine rings is 1. The quantitative estimate of drug-likeness (QED) is 0.680. The SMILES string of the molecule is COc1ccc(CN2CC3(CCN(C(=O)Cc4c(F)cccc4Cl)CC3)C2=O)cc1. The Morgan fingerprint density at radius 1 is 1.17 bits per heavy atom. The minimum atomic E-state index is -0.465. The summed E-state index contributed by atoms with van der Waals surface area (Å²) in [6.45, 7) is 2.30. The standard InChI is InChI=1S/C23H24ClFN2O3/c1-30-17-7-5-16(6-8-17)14-27-15-23(22(27)29)9-11-26(12-10-23)21(28)13-18-19(24)3-2-4-20(18)25/h2-8H,9-15H2,1H3. The van der Waals surface area contributed by atoms with E-state index in [1.807, 2.05) is 29.2 Å². The minimum absolute atomic E-state index is 0.0595. The Labute approximate surface area is 180 Å². The highest BCUT2D eigenvalue weighted by Gasteiger charge is 2.53. The van der Waals surface area contributed by atoms with E-state index < -0.39 is 5.82 Å². The zero-order chi connectivity index (χ0) is 21.3. The van der Waals surface area contributed by atoms with E-state index in [1.54, 1.807) is 18.1 Å². The van der Waals surface area contributed by atoms with Crippen LogP contribution in [0.1, 0.15) is 24.0 Å². The van der Waals surface area contributed by atoms with Crippen molar-refractivity contribution in [3.63, 3.8) is 0 Å². The van der Waals surface area contributed by atoms with E-state index in [2.05, 4.69) is 0 Å². The van der Waals surface area contributed by atoms with Crippen LogP contribution in [-0.4, -0.2) is 48.4 Å². The van der Waals surface area contributed by atoms with Crippen LogP contribution in [0, 0.1) is 11.2 Å². The molecule has 2 heterocycles. The zero-order valence-corrected chi connectivity index (χ0v) is 17.6. The molecule has 2 fully saturated rings. The highest BCUT2D eigenvalue weighted by atomic mass is 35.5. The number of nitrogens with zero attached hydrogens (tertiary/aromatic N) is 2. The predicted molar refractivity (Wildman–Crippen MR) is 112 cm³/mol. The highest BCUT2D eigenvalue weighted by molar-refractivity contribution is 6.31. The number of halogens is 2. The van der Waals surface area contributed by atoms with Crippen LogP contribution in [-0.2, 0) is 22.6 Å². The van der Waals surface area contributed by atoms with Crippen molar-refractivity contribution in [3.05, 3.63) is 64.4 Å². The van der Waals surface area contributed by atoms with Crippen molar-refractivity contribution in [2.45, 2.75) is 25.8 Å². The van der Waals surface area contributed by atoms with Crippen LogP contribution in [0.25, 0.3) is 0 Å². The third-order valence-corrected chi connectivity index (χ3v) is 6.58. The number of carbonyl (C=O) groups is 2. The molecule has 2 aliphatic rings. The number of likely N-dealkylation sites (tertiary alicyclic amines) is 2. The molecule has 2 amide bonds. The second kappa shape index (κ2) is 8.26. The van der Waals surface area contributed by atoms with Gasteiger partial charge in [0.25, 0.3) is 0 Å². The number of amides is 2. The summed E-state index contributed by atoms with van der Waals surface area (Å²) in [6.07, 6.45) is 1.22. The molecule has 0 unspecified atom stereocenters. The predicted octanol–water partition coefficient (Wildman–Crippen LogP) is 3.68. The molecule has 0 N–H and O–H groups in total.